The monoisotopic (exact) mass is 236 g/mol. The van der Waals surface area contributed by atoms with Crippen molar-refractivity contribution in [1.29, 1.82) is 0 Å². The molecule has 0 radical (unpaired) electrons. The largest absolute Gasteiger partial charge is 0.451 e. The number of rotatable bonds is 2. The molecule has 1 saturated heterocycles. The summed E-state index contributed by atoms with van der Waals surface area (Å²) in [4.78, 5) is 12.9. The summed E-state index contributed by atoms with van der Waals surface area (Å²) in [6, 6.07) is 0.0297. The highest BCUT2D eigenvalue weighted by molar-refractivity contribution is 4.88. The molecule has 1 aliphatic heterocycles. The Morgan fingerprint density at radius 3 is 2.75 bits per heavy atom. The molecule has 1 aliphatic rings. The third-order valence-electron chi connectivity index (χ3n) is 2.50. The fraction of sp³-hybridized carbons (Fsp3) is 0.750. The van der Waals surface area contributed by atoms with Gasteiger partial charge in [0.1, 0.15) is 0 Å². The van der Waals surface area contributed by atoms with Crippen LogP contribution >= 0.6 is 0 Å². The number of hydrogen-bond donors (Lipinski definition) is 2. The number of hydrogen-bond acceptors (Lipinski definition) is 3. The van der Waals surface area contributed by atoms with Crippen molar-refractivity contribution in [1.82, 2.24) is 20.1 Å². The van der Waals surface area contributed by atoms with Gasteiger partial charge in [-0.15, -0.1) is 5.10 Å². The molecule has 0 saturated carbocycles. The van der Waals surface area contributed by atoms with Gasteiger partial charge in [0, 0.05) is 6.04 Å². The molecule has 1 fully saturated rings. The van der Waals surface area contributed by atoms with E-state index in [4.69, 9.17) is 0 Å². The number of alkyl halides is 3. The van der Waals surface area contributed by atoms with E-state index in [2.05, 4.69) is 10.4 Å². The van der Waals surface area contributed by atoms with Gasteiger partial charge < -0.3 is 5.32 Å². The van der Waals surface area contributed by atoms with Crippen molar-refractivity contribution in [2.24, 2.45) is 0 Å². The molecule has 8 heteroatoms. The number of halogens is 3. The first-order valence-corrected chi connectivity index (χ1v) is 4.94. The second-order valence-electron chi connectivity index (χ2n) is 3.75. The van der Waals surface area contributed by atoms with Crippen LogP contribution in [0.25, 0.3) is 0 Å². The number of aromatic amines is 1. The summed E-state index contributed by atoms with van der Waals surface area (Å²) in [5, 5.41) is 6.31. The van der Waals surface area contributed by atoms with Gasteiger partial charge in [0.15, 0.2) is 0 Å². The molecule has 2 N–H and O–H groups in total. The Kier molecular flexibility index (Phi) is 2.75. The molecule has 1 aromatic rings. The molecule has 0 amide bonds. The molecule has 2 rings (SSSR count). The van der Waals surface area contributed by atoms with Gasteiger partial charge in [0.05, 0.1) is 6.54 Å². The van der Waals surface area contributed by atoms with Crippen LogP contribution in [0.1, 0.15) is 18.7 Å². The first-order chi connectivity index (χ1) is 7.47. The number of nitrogens with zero attached hydrogens (tertiary/aromatic N) is 2. The maximum absolute atomic E-state index is 12.2. The first-order valence-electron chi connectivity index (χ1n) is 4.94. The molecule has 90 valence electrons. The molecular formula is C8H11F3N4O. The van der Waals surface area contributed by atoms with Crippen molar-refractivity contribution in [3.63, 3.8) is 0 Å². The molecule has 0 aromatic carbocycles. The van der Waals surface area contributed by atoms with Gasteiger partial charge >= 0.3 is 11.9 Å². The zero-order chi connectivity index (χ0) is 11.8. The fourth-order valence-corrected chi connectivity index (χ4v) is 1.73. The smallest absolute Gasteiger partial charge is 0.312 e. The number of nitrogens with one attached hydrogen (secondary N) is 2. The Bertz CT molecular complexity index is 416. The number of aromatic nitrogens is 3. The highest BCUT2D eigenvalue weighted by Gasteiger charge is 2.36. The lowest BCUT2D eigenvalue weighted by atomic mass is 10.2. The molecule has 0 spiro atoms. The zero-order valence-corrected chi connectivity index (χ0v) is 8.34. The second-order valence-corrected chi connectivity index (χ2v) is 3.75. The van der Waals surface area contributed by atoms with Crippen molar-refractivity contribution >= 4 is 0 Å². The third-order valence-corrected chi connectivity index (χ3v) is 2.50. The molecule has 0 bridgehead atoms. The quantitative estimate of drug-likeness (QED) is 0.778. The predicted molar refractivity (Wildman–Crippen MR) is 48.9 cm³/mol. The van der Waals surface area contributed by atoms with E-state index in [1.165, 1.54) is 0 Å². The molecule has 1 atom stereocenters. The van der Waals surface area contributed by atoms with E-state index in [0.717, 1.165) is 24.1 Å². The molecule has 1 aromatic heterocycles. The predicted octanol–water partition coefficient (Wildman–Crippen LogP) is 0.342. The van der Waals surface area contributed by atoms with Crippen LogP contribution in [0.5, 0.6) is 0 Å². The van der Waals surface area contributed by atoms with Crippen LogP contribution in [0.3, 0.4) is 0 Å². The Balaban J connectivity index is 2.15. The van der Waals surface area contributed by atoms with E-state index in [1.807, 2.05) is 0 Å². The highest BCUT2D eigenvalue weighted by atomic mass is 19.4. The van der Waals surface area contributed by atoms with Crippen LogP contribution in [0.4, 0.5) is 13.2 Å². The summed E-state index contributed by atoms with van der Waals surface area (Å²) in [6.07, 6.45) is -2.79. The van der Waals surface area contributed by atoms with Crippen molar-refractivity contribution in [2.75, 3.05) is 6.54 Å². The van der Waals surface area contributed by atoms with Crippen molar-refractivity contribution in [3.8, 4) is 0 Å². The second kappa shape index (κ2) is 3.93. The first kappa shape index (κ1) is 11.2. The minimum Gasteiger partial charge on any atom is -0.312 e. The van der Waals surface area contributed by atoms with Crippen molar-refractivity contribution in [3.05, 3.63) is 16.3 Å². The standard InChI is InChI=1S/C8H11F3N4O/c9-8(10,11)6-13-7(16)15(14-6)4-5-2-1-3-12-5/h5,12H,1-4H2,(H,13,14,16). The van der Waals surface area contributed by atoms with Gasteiger partial charge in [-0.2, -0.15) is 13.2 Å². The average molecular weight is 236 g/mol. The highest BCUT2D eigenvalue weighted by Crippen LogP contribution is 2.24. The van der Waals surface area contributed by atoms with E-state index in [-0.39, 0.29) is 12.6 Å². The van der Waals surface area contributed by atoms with Gasteiger partial charge in [0.2, 0.25) is 5.82 Å². The maximum Gasteiger partial charge on any atom is 0.451 e. The lowest BCUT2D eigenvalue weighted by molar-refractivity contribution is -0.145. The average Bonchev–Trinajstić information content (AvgIpc) is 2.76. The van der Waals surface area contributed by atoms with Crippen LogP contribution in [-0.4, -0.2) is 27.4 Å². The molecule has 16 heavy (non-hydrogen) atoms. The van der Waals surface area contributed by atoms with Crippen LogP contribution in [0.15, 0.2) is 4.79 Å². The Morgan fingerprint density at radius 2 is 2.25 bits per heavy atom. The fourth-order valence-electron chi connectivity index (χ4n) is 1.73. The summed E-state index contributed by atoms with van der Waals surface area (Å²) in [7, 11) is 0. The normalized spacial score (nSPS) is 21.6. The van der Waals surface area contributed by atoms with Gasteiger partial charge in [0.25, 0.3) is 0 Å². The zero-order valence-electron chi connectivity index (χ0n) is 8.34. The van der Waals surface area contributed by atoms with Gasteiger partial charge in [-0.1, -0.05) is 0 Å². The van der Waals surface area contributed by atoms with E-state index in [9.17, 15) is 18.0 Å². The van der Waals surface area contributed by atoms with E-state index < -0.39 is 17.7 Å². The topological polar surface area (TPSA) is 62.7 Å². The van der Waals surface area contributed by atoms with Crippen LogP contribution < -0.4 is 11.0 Å². The Labute approximate surface area is 88.7 Å². The molecule has 5 nitrogen and oxygen atoms in total. The molecular weight excluding hydrogens is 225 g/mol. The van der Waals surface area contributed by atoms with Crippen molar-refractivity contribution in [2.45, 2.75) is 31.6 Å². The van der Waals surface area contributed by atoms with E-state index >= 15 is 0 Å². The summed E-state index contributed by atoms with van der Waals surface area (Å²) in [5.74, 6) is -1.24. The lowest BCUT2D eigenvalue weighted by Crippen LogP contribution is -2.31. The molecule has 1 unspecified atom stereocenters. The van der Waals surface area contributed by atoms with Gasteiger partial charge in [-0.3, -0.25) is 4.98 Å². The van der Waals surface area contributed by atoms with Crippen LogP contribution in [-0.2, 0) is 12.7 Å². The number of H-pyrrole nitrogens is 1. The van der Waals surface area contributed by atoms with Gasteiger partial charge in [-0.05, 0) is 19.4 Å². The summed E-state index contributed by atoms with van der Waals surface area (Å²) < 4.78 is 37.5. The third kappa shape index (κ3) is 2.26. The SMILES string of the molecule is O=c1[nH]c(C(F)(F)F)nn1CC1CCCN1. The minimum atomic E-state index is -4.60. The van der Waals surface area contributed by atoms with Crippen LogP contribution in [0, 0.1) is 0 Å². The summed E-state index contributed by atoms with van der Waals surface area (Å²) >= 11 is 0. The summed E-state index contributed by atoms with van der Waals surface area (Å²) in [5.41, 5.74) is -0.818. The minimum absolute atomic E-state index is 0.0297. The van der Waals surface area contributed by atoms with E-state index in [1.54, 1.807) is 4.98 Å². The van der Waals surface area contributed by atoms with Crippen molar-refractivity contribution < 1.29 is 13.2 Å². The summed E-state index contributed by atoms with van der Waals surface area (Å²) in [6.45, 7) is 1.00. The van der Waals surface area contributed by atoms with Crippen LogP contribution in [0.2, 0.25) is 0 Å². The molecule has 2 heterocycles. The lowest BCUT2D eigenvalue weighted by Gasteiger charge is -2.08. The maximum atomic E-state index is 12.2. The van der Waals surface area contributed by atoms with Gasteiger partial charge in [-0.25, -0.2) is 9.48 Å². The Hall–Kier alpha value is -1.31. The van der Waals surface area contributed by atoms with E-state index in [0.29, 0.717) is 0 Å². The molecule has 0 aliphatic carbocycles. The Morgan fingerprint density at radius 1 is 1.50 bits per heavy atom.